The third kappa shape index (κ3) is 1.26. The van der Waals surface area contributed by atoms with E-state index < -0.39 is 16.6 Å². The number of nitrogens with one attached hydrogen (secondary N) is 1. The molecule has 0 atom stereocenters. The van der Waals surface area contributed by atoms with Crippen LogP contribution in [0, 0.1) is 17.0 Å². The van der Waals surface area contributed by atoms with E-state index >= 15 is 0 Å². The lowest BCUT2D eigenvalue weighted by atomic mass is 10.1. The first-order chi connectivity index (χ1) is 7.00. The summed E-state index contributed by atoms with van der Waals surface area (Å²) in [5.41, 5.74) is 0.665. The van der Waals surface area contributed by atoms with Gasteiger partial charge in [-0.1, -0.05) is 0 Å². The number of rotatable bonds is 1. The van der Waals surface area contributed by atoms with E-state index in [0.717, 1.165) is 6.07 Å². The zero-order valence-electron chi connectivity index (χ0n) is 7.73. The highest BCUT2D eigenvalue weighted by Crippen LogP contribution is 2.30. The molecule has 0 fully saturated rings. The Hall–Kier alpha value is -2.24. The van der Waals surface area contributed by atoms with Crippen LogP contribution in [0.3, 0.4) is 0 Å². The van der Waals surface area contributed by atoms with Gasteiger partial charge in [0.15, 0.2) is 0 Å². The quantitative estimate of drug-likeness (QED) is 0.422. The molecule has 1 heterocycles. The van der Waals surface area contributed by atoms with E-state index in [1.807, 2.05) is 0 Å². The summed E-state index contributed by atoms with van der Waals surface area (Å²) in [6, 6.07) is 2.56. The standard InChI is InChI=1S/C9H6N2O4/c1-4-2-6-5(3-7(4)11(14)15)8(12)9(13)10-6/h2-3H,1H3,(H,10,12,13). The van der Waals surface area contributed by atoms with E-state index in [2.05, 4.69) is 5.32 Å². The number of nitrogens with zero attached hydrogens (tertiary/aromatic N) is 1. The van der Waals surface area contributed by atoms with Crippen molar-refractivity contribution >= 4 is 23.1 Å². The highest BCUT2D eigenvalue weighted by molar-refractivity contribution is 6.51. The summed E-state index contributed by atoms with van der Waals surface area (Å²) >= 11 is 0. The lowest BCUT2D eigenvalue weighted by Crippen LogP contribution is -2.12. The van der Waals surface area contributed by atoms with Gasteiger partial charge < -0.3 is 5.32 Å². The van der Waals surface area contributed by atoms with Crippen LogP contribution in [0.5, 0.6) is 0 Å². The Morgan fingerprint density at radius 1 is 1.33 bits per heavy atom. The summed E-state index contributed by atoms with van der Waals surface area (Å²) in [7, 11) is 0. The predicted molar refractivity (Wildman–Crippen MR) is 50.8 cm³/mol. The van der Waals surface area contributed by atoms with Crippen molar-refractivity contribution in [2.24, 2.45) is 0 Å². The number of nitro groups is 1. The molecule has 2 rings (SSSR count). The van der Waals surface area contributed by atoms with Crippen LogP contribution in [0.1, 0.15) is 15.9 Å². The molecule has 6 nitrogen and oxygen atoms in total. The van der Waals surface area contributed by atoms with Crippen molar-refractivity contribution in [2.45, 2.75) is 6.92 Å². The van der Waals surface area contributed by atoms with E-state index in [9.17, 15) is 19.7 Å². The summed E-state index contributed by atoms with van der Waals surface area (Å²) in [5.74, 6) is -1.47. The molecule has 1 aromatic carbocycles. The molecule has 1 aliphatic heterocycles. The molecule has 1 N–H and O–H groups in total. The molecule has 0 unspecified atom stereocenters. The van der Waals surface area contributed by atoms with E-state index in [1.165, 1.54) is 6.07 Å². The maximum atomic E-state index is 11.2. The number of fused-ring (bicyclic) bond motifs is 1. The van der Waals surface area contributed by atoms with Crippen molar-refractivity contribution in [3.05, 3.63) is 33.4 Å². The molecule has 0 aliphatic carbocycles. The lowest BCUT2D eigenvalue weighted by Gasteiger charge is -2.00. The van der Waals surface area contributed by atoms with Crippen molar-refractivity contribution in [1.29, 1.82) is 0 Å². The van der Waals surface area contributed by atoms with Crippen molar-refractivity contribution in [3.8, 4) is 0 Å². The summed E-state index contributed by atoms with van der Waals surface area (Å²) in [5, 5.41) is 12.9. The minimum absolute atomic E-state index is 0.0669. The average molecular weight is 206 g/mol. The molecule has 76 valence electrons. The normalized spacial score (nSPS) is 13.7. The van der Waals surface area contributed by atoms with Crippen LogP contribution in [0.15, 0.2) is 12.1 Å². The third-order valence-corrected chi connectivity index (χ3v) is 2.23. The number of benzene rings is 1. The molecular weight excluding hydrogens is 200 g/mol. The van der Waals surface area contributed by atoms with Gasteiger partial charge in [-0.3, -0.25) is 19.7 Å². The molecule has 1 aliphatic rings. The highest BCUT2D eigenvalue weighted by atomic mass is 16.6. The minimum Gasteiger partial charge on any atom is -0.318 e. The van der Waals surface area contributed by atoms with E-state index in [4.69, 9.17) is 0 Å². The molecule has 0 saturated carbocycles. The van der Waals surface area contributed by atoms with Gasteiger partial charge in [0.1, 0.15) is 0 Å². The Balaban J connectivity index is 2.65. The number of carbonyl (C=O) groups is 2. The first kappa shape index (κ1) is 9.32. The number of hydrogen-bond donors (Lipinski definition) is 1. The molecule has 15 heavy (non-hydrogen) atoms. The molecular formula is C9H6N2O4. The number of nitro benzene ring substituents is 1. The minimum atomic E-state index is -0.745. The molecule has 0 aromatic heterocycles. The van der Waals surface area contributed by atoms with Gasteiger partial charge in [-0.15, -0.1) is 0 Å². The van der Waals surface area contributed by atoms with E-state index in [1.54, 1.807) is 6.92 Å². The summed E-state index contributed by atoms with van der Waals surface area (Å²) < 4.78 is 0. The molecule has 1 amide bonds. The Morgan fingerprint density at radius 2 is 2.00 bits per heavy atom. The molecule has 0 bridgehead atoms. The Morgan fingerprint density at radius 3 is 2.60 bits per heavy atom. The highest BCUT2D eigenvalue weighted by Gasteiger charge is 2.30. The summed E-state index contributed by atoms with van der Waals surface area (Å²) in [6.45, 7) is 1.55. The average Bonchev–Trinajstić information content (AvgIpc) is 2.41. The largest absolute Gasteiger partial charge is 0.318 e. The fraction of sp³-hybridized carbons (Fsp3) is 0.111. The fourth-order valence-electron chi connectivity index (χ4n) is 1.49. The smallest absolute Gasteiger partial charge is 0.296 e. The number of ketones is 1. The van der Waals surface area contributed by atoms with Crippen molar-refractivity contribution in [3.63, 3.8) is 0 Å². The number of aryl methyl sites for hydroxylation is 1. The summed E-state index contributed by atoms with van der Waals surface area (Å²) in [4.78, 5) is 32.3. The zero-order chi connectivity index (χ0) is 11.2. The second kappa shape index (κ2) is 2.88. The van der Waals surface area contributed by atoms with Gasteiger partial charge in [0.25, 0.3) is 17.4 Å². The maximum Gasteiger partial charge on any atom is 0.296 e. The van der Waals surface area contributed by atoms with Gasteiger partial charge in [0.2, 0.25) is 0 Å². The van der Waals surface area contributed by atoms with Crippen LogP contribution < -0.4 is 5.32 Å². The molecule has 1 aromatic rings. The second-order valence-electron chi connectivity index (χ2n) is 3.22. The third-order valence-electron chi connectivity index (χ3n) is 2.23. The molecule has 6 heteroatoms. The van der Waals surface area contributed by atoms with Crippen molar-refractivity contribution < 1.29 is 14.5 Å². The van der Waals surface area contributed by atoms with Crippen molar-refractivity contribution in [2.75, 3.05) is 5.32 Å². The Kier molecular flexibility index (Phi) is 1.79. The van der Waals surface area contributed by atoms with Gasteiger partial charge in [0.05, 0.1) is 16.2 Å². The molecule has 0 spiro atoms. The fourth-order valence-corrected chi connectivity index (χ4v) is 1.49. The zero-order valence-corrected chi connectivity index (χ0v) is 7.73. The van der Waals surface area contributed by atoms with Crippen LogP contribution in [0.2, 0.25) is 0 Å². The van der Waals surface area contributed by atoms with Crippen LogP contribution in [-0.4, -0.2) is 16.6 Å². The number of carbonyl (C=O) groups excluding carboxylic acids is 2. The topological polar surface area (TPSA) is 89.3 Å². The monoisotopic (exact) mass is 206 g/mol. The number of Topliss-reactive ketones (excluding diaryl/α,β-unsaturated/α-hetero) is 1. The van der Waals surface area contributed by atoms with Gasteiger partial charge in [-0.2, -0.15) is 0 Å². The van der Waals surface area contributed by atoms with E-state index in [-0.39, 0.29) is 11.3 Å². The van der Waals surface area contributed by atoms with Crippen LogP contribution >= 0.6 is 0 Å². The SMILES string of the molecule is Cc1cc2c(cc1[N+](=O)[O-])C(=O)C(=O)N2. The molecule has 0 saturated heterocycles. The van der Waals surface area contributed by atoms with Gasteiger partial charge in [0, 0.05) is 11.6 Å². The molecule has 0 radical (unpaired) electrons. The number of hydrogen-bond acceptors (Lipinski definition) is 4. The first-order valence-electron chi connectivity index (χ1n) is 4.15. The number of amides is 1. The lowest BCUT2D eigenvalue weighted by molar-refractivity contribution is -0.385. The van der Waals surface area contributed by atoms with Crippen LogP contribution in [-0.2, 0) is 4.79 Å². The predicted octanol–water partition coefficient (Wildman–Crippen LogP) is 1.04. The maximum absolute atomic E-state index is 11.2. The van der Waals surface area contributed by atoms with E-state index in [0.29, 0.717) is 11.3 Å². The second-order valence-corrected chi connectivity index (χ2v) is 3.22. The van der Waals surface area contributed by atoms with Crippen LogP contribution in [0.4, 0.5) is 11.4 Å². The van der Waals surface area contributed by atoms with Gasteiger partial charge in [-0.25, -0.2) is 0 Å². The Bertz CT molecular complexity index is 507. The van der Waals surface area contributed by atoms with Crippen LogP contribution in [0.25, 0.3) is 0 Å². The van der Waals surface area contributed by atoms with Crippen molar-refractivity contribution in [1.82, 2.24) is 0 Å². The number of anilines is 1. The Labute approximate surface area is 84.0 Å². The first-order valence-corrected chi connectivity index (χ1v) is 4.15. The van der Waals surface area contributed by atoms with Gasteiger partial charge in [-0.05, 0) is 13.0 Å². The van der Waals surface area contributed by atoms with Gasteiger partial charge >= 0.3 is 0 Å². The summed E-state index contributed by atoms with van der Waals surface area (Å²) in [6.07, 6.45) is 0.